The van der Waals surface area contributed by atoms with E-state index in [1.165, 1.54) is 11.1 Å². The van der Waals surface area contributed by atoms with E-state index in [2.05, 4.69) is 12.1 Å². The van der Waals surface area contributed by atoms with Crippen molar-refractivity contribution in [1.29, 1.82) is 0 Å². The minimum Gasteiger partial charge on any atom is -0.481 e. The molecule has 1 aromatic carbocycles. The first-order valence-corrected chi connectivity index (χ1v) is 5.10. The standard InChI is InChI=1S/C12H12O2/c13-12(14)11-9-5-6-10(11)8-4-2-1-3-7(8)9/h1-4,9-11H,5-6H2,(H,13,14). The van der Waals surface area contributed by atoms with Crippen LogP contribution in [0.5, 0.6) is 0 Å². The molecule has 0 aromatic heterocycles. The largest absolute Gasteiger partial charge is 0.481 e. The van der Waals surface area contributed by atoms with Crippen molar-refractivity contribution in [1.82, 2.24) is 0 Å². The quantitative estimate of drug-likeness (QED) is 0.734. The fourth-order valence-electron chi connectivity index (χ4n) is 3.23. The van der Waals surface area contributed by atoms with Crippen LogP contribution in [0.15, 0.2) is 24.3 Å². The number of hydrogen-bond donors (Lipinski definition) is 1. The van der Waals surface area contributed by atoms with E-state index < -0.39 is 5.97 Å². The molecule has 2 unspecified atom stereocenters. The van der Waals surface area contributed by atoms with E-state index in [1.54, 1.807) is 0 Å². The Kier molecular flexibility index (Phi) is 1.49. The third kappa shape index (κ3) is 0.834. The van der Waals surface area contributed by atoms with Crippen LogP contribution in [0.25, 0.3) is 0 Å². The summed E-state index contributed by atoms with van der Waals surface area (Å²) >= 11 is 0. The Bertz CT molecular complexity index is 366. The first-order chi connectivity index (χ1) is 6.79. The molecule has 0 spiro atoms. The molecular formula is C12H12O2. The first-order valence-electron chi connectivity index (χ1n) is 5.10. The zero-order valence-electron chi connectivity index (χ0n) is 7.81. The number of benzene rings is 1. The van der Waals surface area contributed by atoms with Gasteiger partial charge in [-0.05, 0) is 35.8 Å². The van der Waals surface area contributed by atoms with Gasteiger partial charge in [0.1, 0.15) is 0 Å². The lowest BCUT2D eigenvalue weighted by Gasteiger charge is -2.12. The maximum atomic E-state index is 11.1. The van der Waals surface area contributed by atoms with Gasteiger partial charge in [-0.25, -0.2) is 0 Å². The number of carboxylic acids is 1. The Morgan fingerprint density at radius 1 is 1.14 bits per heavy atom. The molecule has 0 heterocycles. The topological polar surface area (TPSA) is 37.3 Å². The molecule has 72 valence electrons. The van der Waals surface area contributed by atoms with Crippen molar-refractivity contribution in [2.45, 2.75) is 24.7 Å². The number of aliphatic carboxylic acids is 1. The summed E-state index contributed by atoms with van der Waals surface area (Å²) in [5, 5.41) is 9.17. The molecule has 0 amide bonds. The van der Waals surface area contributed by atoms with Crippen molar-refractivity contribution in [2.24, 2.45) is 5.92 Å². The highest BCUT2D eigenvalue weighted by molar-refractivity contribution is 5.75. The average Bonchev–Trinajstić information content (AvgIpc) is 2.73. The van der Waals surface area contributed by atoms with E-state index in [9.17, 15) is 4.79 Å². The Morgan fingerprint density at radius 3 is 2.07 bits per heavy atom. The van der Waals surface area contributed by atoms with Gasteiger partial charge in [0.15, 0.2) is 0 Å². The average molecular weight is 188 g/mol. The molecule has 0 saturated heterocycles. The van der Waals surface area contributed by atoms with Crippen LogP contribution in [-0.2, 0) is 4.79 Å². The second-order valence-electron chi connectivity index (χ2n) is 4.28. The summed E-state index contributed by atoms with van der Waals surface area (Å²) in [7, 11) is 0. The molecule has 2 nitrogen and oxygen atoms in total. The Labute approximate surface area is 82.6 Å². The summed E-state index contributed by atoms with van der Waals surface area (Å²) < 4.78 is 0. The molecule has 14 heavy (non-hydrogen) atoms. The second kappa shape index (κ2) is 2.59. The van der Waals surface area contributed by atoms with Crippen molar-refractivity contribution in [3.05, 3.63) is 35.4 Å². The third-order valence-corrected chi connectivity index (χ3v) is 3.74. The van der Waals surface area contributed by atoms with Gasteiger partial charge in [-0.1, -0.05) is 24.3 Å². The maximum absolute atomic E-state index is 11.1. The lowest BCUT2D eigenvalue weighted by atomic mass is 9.92. The van der Waals surface area contributed by atoms with Gasteiger partial charge in [-0.2, -0.15) is 0 Å². The molecule has 2 atom stereocenters. The van der Waals surface area contributed by atoms with Crippen LogP contribution < -0.4 is 0 Å². The molecule has 3 rings (SSSR count). The van der Waals surface area contributed by atoms with Crippen LogP contribution >= 0.6 is 0 Å². The van der Waals surface area contributed by atoms with Crippen molar-refractivity contribution in [3.63, 3.8) is 0 Å². The molecule has 2 heteroatoms. The van der Waals surface area contributed by atoms with E-state index in [-0.39, 0.29) is 17.8 Å². The predicted molar refractivity (Wildman–Crippen MR) is 52.3 cm³/mol. The lowest BCUT2D eigenvalue weighted by Crippen LogP contribution is -2.15. The smallest absolute Gasteiger partial charge is 0.307 e. The van der Waals surface area contributed by atoms with Crippen molar-refractivity contribution in [3.8, 4) is 0 Å². The van der Waals surface area contributed by atoms with E-state index in [0.29, 0.717) is 0 Å². The van der Waals surface area contributed by atoms with E-state index in [0.717, 1.165) is 12.8 Å². The van der Waals surface area contributed by atoms with Gasteiger partial charge in [0.25, 0.3) is 0 Å². The van der Waals surface area contributed by atoms with E-state index in [1.807, 2.05) is 12.1 Å². The molecule has 2 aliphatic rings. The molecule has 1 saturated carbocycles. The number of rotatable bonds is 1. The zero-order valence-corrected chi connectivity index (χ0v) is 7.81. The lowest BCUT2D eigenvalue weighted by molar-refractivity contribution is -0.142. The summed E-state index contributed by atoms with van der Waals surface area (Å²) in [6, 6.07) is 8.21. The normalized spacial score (nSPS) is 33.0. The number of carbonyl (C=O) groups is 1. The third-order valence-electron chi connectivity index (χ3n) is 3.74. The number of hydrogen-bond acceptors (Lipinski definition) is 1. The van der Waals surface area contributed by atoms with Gasteiger partial charge in [-0.15, -0.1) is 0 Å². The molecule has 1 N–H and O–H groups in total. The van der Waals surface area contributed by atoms with Gasteiger partial charge in [0, 0.05) is 0 Å². The molecule has 1 aromatic rings. The molecule has 0 aliphatic heterocycles. The van der Waals surface area contributed by atoms with Crippen molar-refractivity contribution in [2.75, 3.05) is 0 Å². The Hall–Kier alpha value is -1.31. The highest BCUT2D eigenvalue weighted by Crippen LogP contribution is 2.56. The minimum absolute atomic E-state index is 0.146. The van der Waals surface area contributed by atoms with Crippen LogP contribution in [0.1, 0.15) is 35.8 Å². The second-order valence-corrected chi connectivity index (χ2v) is 4.28. The van der Waals surface area contributed by atoms with E-state index >= 15 is 0 Å². The van der Waals surface area contributed by atoms with Gasteiger partial charge in [0.2, 0.25) is 0 Å². The molecule has 2 bridgehead atoms. The predicted octanol–water partition coefficient (Wildman–Crippen LogP) is 2.36. The fraction of sp³-hybridized carbons (Fsp3) is 0.417. The molecular weight excluding hydrogens is 176 g/mol. The van der Waals surface area contributed by atoms with Crippen molar-refractivity contribution < 1.29 is 9.90 Å². The number of fused-ring (bicyclic) bond motifs is 5. The highest BCUT2D eigenvalue weighted by Gasteiger charge is 2.49. The molecule has 2 aliphatic carbocycles. The Balaban J connectivity index is 2.13. The maximum Gasteiger partial charge on any atom is 0.307 e. The van der Waals surface area contributed by atoms with E-state index in [4.69, 9.17) is 5.11 Å². The minimum atomic E-state index is -0.617. The summed E-state index contributed by atoms with van der Waals surface area (Å²) in [5.41, 5.74) is 2.58. The number of carboxylic acid groups (broad SMARTS) is 1. The van der Waals surface area contributed by atoms with Crippen LogP contribution in [0.2, 0.25) is 0 Å². The highest BCUT2D eigenvalue weighted by atomic mass is 16.4. The van der Waals surface area contributed by atoms with Crippen LogP contribution in [0.3, 0.4) is 0 Å². The molecule has 1 fully saturated rings. The summed E-state index contributed by atoms with van der Waals surface area (Å²) in [4.78, 5) is 11.1. The van der Waals surface area contributed by atoms with Crippen LogP contribution in [0, 0.1) is 5.92 Å². The van der Waals surface area contributed by atoms with Gasteiger partial charge in [-0.3, -0.25) is 4.79 Å². The van der Waals surface area contributed by atoms with Crippen molar-refractivity contribution >= 4 is 5.97 Å². The van der Waals surface area contributed by atoms with Crippen LogP contribution in [-0.4, -0.2) is 11.1 Å². The Morgan fingerprint density at radius 2 is 1.64 bits per heavy atom. The first kappa shape index (κ1) is 8.04. The summed E-state index contributed by atoms with van der Waals surface area (Å²) in [6.45, 7) is 0. The zero-order chi connectivity index (χ0) is 9.71. The monoisotopic (exact) mass is 188 g/mol. The SMILES string of the molecule is O=C(O)C1C2CCC1c1ccccc12. The van der Waals surface area contributed by atoms with Crippen LogP contribution in [0.4, 0.5) is 0 Å². The van der Waals surface area contributed by atoms with Gasteiger partial charge in [0.05, 0.1) is 5.92 Å². The summed E-state index contributed by atoms with van der Waals surface area (Å²) in [5.74, 6) is -0.191. The molecule has 0 radical (unpaired) electrons. The van der Waals surface area contributed by atoms with Gasteiger partial charge >= 0.3 is 5.97 Å². The fourth-order valence-corrected chi connectivity index (χ4v) is 3.23. The summed E-state index contributed by atoms with van der Waals surface area (Å²) in [6.07, 6.45) is 2.11. The van der Waals surface area contributed by atoms with Gasteiger partial charge < -0.3 is 5.11 Å².